The lowest BCUT2D eigenvalue weighted by Crippen LogP contribution is -2.38. The lowest BCUT2D eigenvalue weighted by atomic mass is 10.2. The molecule has 15 heavy (non-hydrogen) atoms. The number of halogens is 4. The first-order valence-electron chi connectivity index (χ1n) is 4.49. The number of hydrogen-bond donors (Lipinski definition) is 0. The van der Waals surface area contributed by atoms with Gasteiger partial charge in [0, 0.05) is 4.47 Å². The fourth-order valence-corrected chi connectivity index (χ4v) is 3.07. The van der Waals surface area contributed by atoms with E-state index in [1.807, 2.05) is 19.6 Å². The average molecular weight is 297 g/mol. The molecule has 0 spiro atoms. The van der Waals surface area contributed by atoms with Gasteiger partial charge in [-0.2, -0.15) is 13.2 Å². The van der Waals surface area contributed by atoms with Gasteiger partial charge in [0.05, 0.1) is 13.6 Å². The number of rotatable bonds is 1. The van der Waals surface area contributed by atoms with E-state index in [0.717, 1.165) is 11.3 Å². The molecule has 1 aromatic rings. The quantitative estimate of drug-likeness (QED) is 0.687. The maximum atomic E-state index is 12.5. The molecule has 0 N–H and O–H groups in total. The largest absolute Gasteiger partial charge is 0.416 e. The molecule has 5 heteroatoms. The van der Waals surface area contributed by atoms with Crippen LogP contribution < -0.4 is 5.19 Å². The third-order valence-electron chi connectivity index (χ3n) is 2.09. The van der Waals surface area contributed by atoms with Crippen molar-refractivity contribution in [2.75, 3.05) is 0 Å². The molecule has 1 rings (SSSR count). The Balaban J connectivity index is 3.30. The van der Waals surface area contributed by atoms with E-state index in [2.05, 4.69) is 15.9 Å². The van der Waals surface area contributed by atoms with Crippen LogP contribution in [-0.2, 0) is 6.18 Å². The van der Waals surface area contributed by atoms with Crippen LogP contribution in [0.2, 0.25) is 19.6 Å². The van der Waals surface area contributed by atoms with Gasteiger partial charge in [-0.3, -0.25) is 0 Å². The van der Waals surface area contributed by atoms with Crippen LogP contribution in [-0.4, -0.2) is 8.07 Å². The second-order valence-electron chi connectivity index (χ2n) is 4.48. The van der Waals surface area contributed by atoms with Gasteiger partial charge in [-0.25, -0.2) is 0 Å². The molecule has 0 radical (unpaired) electrons. The highest BCUT2D eigenvalue weighted by Gasteiger charge is 2.32. The van der Waals surface area contributed by atoms with E-state index in [0.29, 0.717) is 4.47 Å². The highest BCUT2D eigenvalue weighted by Crippen LogP contribution is 2.30. The second-order valence-corrected chi connectivity index (χ2v) is 10.5. The monoisotopic (exact) mass is 296 g/mol. The highest BCUT2D eigenvalue weighted by atomic mass is 79.9. The summed E-state index contributed by atoms with van der Waals surface area (Å²) < 4.78 is 38.1. The average Bonchev–Trinajstić information content (AvgIpc) is 1.99. The van der Waals surface area contributed by atoms with Crippen molar-refractivity contribution in [3.05, 3.63) is 28.2 Å². The molecule has 0 saturated carbocycles. The van der Waals surface area contributed by atoms with Crippen molar-refractivity contribution < 1.29 is 13.2 Å². The molecule has 0 amide bonds. The SMILES string of the molecule is C[Si](C)(C)c1cc(Br)cc(C(F)(F)F)c1. The van der Waals surface area contributed by atoms with Gasteiger partial charge >= 0.3 is 6.18 Å². The smallest absolute Gasteiger partial charge is 0.166 e. The summed E-state index contributed by atoms with van der Waals surface area (Å²) in [5.41, 5.74) is -0.575. The Hall–Kier alpha value is -0.293. The third kappa shape index (κ3) is 3.34. The Bertz CT molecular complexity index is 334. The van der Waals surface area contributed by atoms with Crippen molar-refractivity contribution in [3.63, 3.8) is 0 Å². The molecule has 1 aromatic carbocycles. The van der Waals surface area contributed by atoms with Gasteiger partial charge in [0.15, 0.2) is 0 Å². The number of benzene rings is 1. The van der Waals surface area contributed by atoms with Crippen LogP contribution in [0.25, 0.3) is 0 Å². The first-order chi connectivity index (χ1) is 6.60. The number of hydrogen-bond acceptors (Lipinski definition) is 0. The lowest BCUT2D eigenvalue weighted by molar-refractivity contribution is -0.137. The van der Waals surface area contributed by atoms with Crippen LogP contribution >= 0.6 is 15.9 Å². The molecule has 0 fully saturated rings. The van der Waals surface area contributed by atoms with E-state index in [4.69, 9.17) is 0 Å². The van der Waals surface area contributed by atoms with Crippen molar-refractivity contribution in [2.24, 2.45) is 0 Å². The van der Waals surface area contributed by atoms with Crippen LogP contribution in [0.1, 0.15) is 5.56 Å². The Kier molecular flexibility index (Phi) is 3.35. The molecule has 0 atom stereocenters. The van der Waals surface area contributed by atoms with Gasteiger partial charge in [-0.1, -0.05) is 46.8 Å². The molecule has 0 unspecified atom stereocenters. The summed E-state index contributed by atoms with van der Waals surface area (Å²) >= 11 is 3.12. The summed E-state index contributed by atoms with van der Waals surface area (Å²) in [5.74, 6) is 0. The lowest BCUT2D eigenvalue weighted by Gasteiger charge is -2.19. The van der Waals surface area contributed by atoms with Crippen molar-refractivity contribution in [2.45, 2.75) is 25.8 Å². The van der Waals surface area contributed by atoms with E-state index in [1.54, 1.807) is 6.07 Å². The fourth-order valence-electron chi connectivity index (χ4n) is 1.19. The summed E-state index contributed by atoms with van der Waals surface area (Å²) in [5, 5.41) is 0.809. The fraction of sp³-hybridized carbons (Fsp3) is 0.400. The maximum absolute atomic E-state index is 12.5. The van der Waals surface area contributed by atoms with Gasteiger partial charge in [-0.05, 0) is 12.1 Å². The van der Waals surface area contributed by atoms with Crippen molar-refractivity contribution in [1.29, 1.82) is 0 Å². The molecule has 0 heterocycles. The minimum Gasteiger partial charge on any atom is -0.166 e. The minimum absolute atomic E-state index is 0.495. The molecule has 0 aliphatic carbocycles. The predicted molar refractivity (Wildman–Crippen MR) is 62.1 cm³/mol. The van der Waals surface area contributed by atoms with Gasteiger partial charge < -0.3 is 0 Å². The van der Waals surface area contributed by atoms with E-state index < -0.39 is 19.8 Å². The molecule has 0 saturated heterocycles. The van der Waals surface area contributed by atoms with Crippen LogP contribution in [0.15, 0.2) is 22.7 Å². The van der Waals surface area contributed by atoms with E-state index >= 15 is 0 Å². The Morgan fingerprint density at radius 3 is 2.00 bits per heavy atom. The Morgan fingerprint density at radius 1 is 1.07 bits per heavy atom. The van der Waals surface area contributed by atoms with Crippen molar-refractivity contribution >= 4 is 29.2 Å². The zero-order valence-corrected chi connectivity index (χ0v) is 11.3. The number of alkyl halides is 3. The molecule has 0 bridgehead atoms. The van der Waals surface area contributed by atoms with Gasteiger partial charge in [0.2, 0.25) is 0 Å². The van der Waals surface area contributed by atoms with Crippen LogP contribution in [0, 0.1) is 0 Å². The highest BCUT2D eigenvalue weighted by molar-refractivity contribution is 9.10. The third-order valence-corrected chi connectivity index (χ3v) is 4.57. The normalized spacial score (nSPS) is 13.0. The second kappa shape index (κ2) is 3.94. The van der Waals surface area contributed by atoms with Crippen molar-refractivity contribution in [1.82, 2.24) is 0 Å². The van der Waals surface area contributed by atoms with Gasteiger partial charge in [-0.15, -0.1) is 0 Å². The summed E-state index contributed by atoms with van der Waals surface area (Å²) in [7, 11) is -1.70. The molecule has 0 aromatic heterocycles. The first kappa shape index (κ1) is 12.8. The maximum Gasteiger partial charge on any atom is 0.416 e. The molecule has 0 aliphatic rings. The van der Waals surface area contributed by atoms with E-state index in [1.165, 1.54) is 6.07 Å². The minimum atomic E-state index is -4.27. The van der Waals surface area contributed by atoms with E-state index in [9.17, 15) is 13.2 Å². The summed E-state index contributed by atoms with van der Waals surface area (Å²) in [6, 6.07) is 4.15. The molecule has 84 valence electrons. The first-order valence-corrected chi connectivity index (χ1v) is 8.78. The molecule has 0 aliphatic heterocycles. The van der Waals surface area contributed by atoms with Crippen LogP contribution in [0.5, 0.6) is 0 Å². The Morgan fingerprint density at radius 2 is 1.60 bits per heavy atom. The molecule has 0 nitrogen and oxygen atoms in total. The zero-order valence-electron chi connectivity index (χ0n) is 8.74. The van der Waals surface area contributed by atoms with Crippen LogP contribution in [0.4, 0.5) is 13.2 Å². The standard InChI is InChI=1S/C10H12BrF3Si/c1-15(2,3)9-5-7(10(12,13)14)4-8(11)6-9/h4-6H,1-3H3. The van der Waals surface area contributed by atoms with Crippen LogP contribution in [0.3, 0.4) is 0 Å². The zero-order chi connectivity index (χ0) is 11.9. The van der Waals surface area contributed by atoms with Gasteiger partial charge in [0.1, 0.15) is 0 Å². The van der Waals surface area contributed by atoms with Crippen molar-refractivity contribution in [3.8, 4) is 0 Å². The summed E-state index contributed by atoms with van der Waals surface area (Å²) in [6.07, 6.45) is -4.27. The Labute approximate surface area is 96.6 Å². The molecular weight excluding hydrogens is 285 g/mol. The van der Waals surface area contributed by atoms with Gasteiger partial charge in [0.25, 0.3) is 0 Å². The summed E-state index contributed by atoms with van der Waals surface area (Å²) in [6.45, 7) is 6.07. The van der Waals surface area contributed by atoms with E-state index in [-0.39, 0.29) is 0 Å². The topological polar surface area (TPSA) is 0 Å². The molecular formula is C10H12BrF3Si. The summed E-state index contributed by atoms with van der Waals surface area (Å²) in [4.78, 5) is 0. The predicted octanol–water partition coefficient (Wildman–Crippen LogP) is 4.01.